The smallest absolute Gasteiger partial charge is 0.122 e. The average molecular weight is 415 g/mol. The van der Waals surface area contributed by atoms with Crippen LogP contribution in [0.5, 0.6) is 11.5 Å². The maximum absolute atomic E-state index is 9.82. The molecule has 1 N–H and O–H groups in total. The molecule has 0 radical (unpaired) electrons. The fraction of sp³-hybridized carbons (Fsp3) is 0.273. The quantitative estimate of drug-likeness (QED) is 0.288. The summed E-state index contributed by atoms with van der Waals surface area (Å²) in [6.07, 6.45) is 4.23. The summed E-state index contributed by atoms with van der Waals surface area (Å²) in [5.74, 6) is 1.28. The monoisotopic (exact) mass is 414 g/mol. The van der Waals surface area contributed by atoms with Gasteiger partial charge in [-0.15, -0.1) is 0 Å². The van der Waals surface area contributed by atoms with Gasteiger partial charge in [0.1, 0.15) is 11.5 Å². The Kier molecular flexibility index (Phi) is 8.80. The van der Waals surface area contributed by atoms with Gasteiger partial charge in [-0.3, -0.25) is 0 Å². The van der Waals surface area contributed by atoms with Crippen LogP contribution in [0.15, 0.2) is 54.2 Å². The molecule has 0 saturated carbocycles. The molecule has 2 aromatic rings. The zero-order chi connectivity index (χ0) is 20.4. The molecule has 2 rings (SSSR count). The number of nitriles is 1. The molecule has 0 spiro atoms. The van der Waals surface area contributed by atoms with Crippen molar-refractivity contribution in [1.82, 2.24) is 0 Å². The summed E-state index contributed by atoms with van der Waals surface area (Å²) in [5, 5.41) is 15.4. The first-order valence-electron chi connectivity index (χ1n) is 8.90. The van der Waals surface area contributed by atoms with Gasteiger partial charge in [0.15, 0.2) is 0 Å². The standard InChI is InChI=1S/C22H23ClN2O2S/c1-26-20-11-16(12-21(13-20)27-2)22(5-3-4-10-28)17(14-24)15-25-19-8-6-18(23)7-9-19/h6-13,15,22,25H,3-5H2,1-2H3. The molecule has 1 atom stereocenters. The molecule has 4 nitrogen and oxygen atoms in total. The summed E-state index contributed by atoms with van der Waals surface area (Å²) in [6, 6.07) is 15.4. The Morgan fingerprint density at radius 3 is 2.36 bits per heavy atom. The first kappa shape index (κ1) is 21.7. The van der Waals surface area contributed by atoms with E-state index < -0.39 is 0 Å². The fourth-order valence-electron chi connectivity index (χ4n) is 2.86. The number of hydrogen-bond donors (Lipinski definition) is 1. The summed E-state index contributed by atoms with van der Waals surface area (Å²) in [5.41, 5.74) is 2.44. The van der Waals surface area contributed by atoms with Crippen molar-refractivity contribution in [2.24, 2.45) is 0 Å². The minimum Gasteiger partial charge on any atom is -0.497 e. The van der Waals surface area contributed by atoms with E-state index in [0.29, 0.717) is 22.1 Å². The van der Waals surface area contributed by atoms with Gasteiger partial charge in [0.2, 0.25) is 0 Å². The number of thiocarbonyl (C=S) groups is 1. The molecule has 146 valence electrons. The number of allylic oxidation sites excluding steroid dienone is 1. The molecule has 0 saturated heterocycles. The van der Waals surface area contributed by atoms with Gasteiger partial charge in [-0.25, -0.2) is 0 Å². The Hall–Kier alpha value is -2.55. The third kappa shape index (κ3) is 6.26. The summed E-state index contributed by atoms with van der Waals surface area (Å²) >= 11 is 10.9. The van der Waals surface area contributed by atoms with Crippen LogP contribution in [0.3, 0.4) is 0 Å². The zero-order valence-electron chi connectivity index (χ0n) is 15.9. The van der Waals surface area contributed by atoms with E-state index in [0.717, 1.165) is 30.5 Å². The summed E-state index contributed by atoms with van der Waals surface area (Å²) in [6.45, 7) is 0. The molecule has 0 heterocycles. The lowest BCUT2D eigenvalue weighted by Crippen LogP contribution is -2.05. The molecule has 6 heteroatoms. The number of anilines is 1. The van der Waals surface area contributed by atoms with Crippen LogP contribution in [0.25, 0.3) is 0 Å². The molecule has 0 aliphatic carbocycles. The van der Waals surface area contributed by atoms with Crippen molar-refractivity contribution in [1.29, 1.82) is 5.26 Å². The molecule has 0 aliphatic heterocycles. The second-order valence-electron chi connectivity index (χ2n) is 6.16. The van der Waals surface area contributed by atoms with Crippen molar-refractivity contribution in [2.45, 2.75) is 25.2 Å². The second kappa shape index (κ2) is 11.3. The normalized spacial score (nSPS) is 12.0. The van der Waals surface area contributed by atoms with Crippen LogP contribution in [-0.2, 0) is 0 Å². The van der Waals surface area contributed by atoms with Crippen LogP contribution < -0.4 is 14.8 Å². The van der Waals surface area contributed by atoms with Crippen LogP contribution in [0.4, 0.5) is 5.69 Å². The van der Waals surface area contributed by atoms with E-state index in [1.807, 2.05) is 30.3 Å². The largest absolute Gasteiger partial charge is 0.497 e. The highest BCUT2D eigenvalue weighted by Crippen LogP contribution is 2.34. The molecular weight excluding hydrogens is 392 g/mol. The van der Waals surface area contributed by atoms with Gasteiger partial charge in [0.05, 0.1) is 25.9 Å². The minimum absolute atomic E-state index is 0.108. The number of benzene rings is 2. The van der Waals surface area contributed by atoms with E-state index in [1.165, 1.54) is 0 Å². The van der Waals surface area contributed by atoms with Gasteiger partial charge in [-0.2, -0.15) is 5.26 Å². The Morgan fingerprint density at radius 1 is 1.18 bits per heavy atom. The maximum atomic E-state index is 9.82. The molecule has 1 unspecified atom stereocenters. The topological polar surface area (TPSA) is 54.3 Å². The van der Waals surface area contributed by atoms with Gasteiger partial charge < -0.3 is 14.8 Å². The van der Waals surface area contributed by atoms with Crippen LogP contribution in [-0.4, -0.2) is 19.6 Å². The number of hydrogen-bond acceptors (Lipinski definition) is 5. The first-order chi connectivity index (χ1) is 13.6. The van der Waals surface area contributed by atoms with Gasteiger partial charge in [-0.1, -0.05) is 23.8 Å². The summed E-state index contributed by atoms with van der Waals surface area (Å²) < 4.78 is 10.8. The number of ether oxygens (including phenoxy) is 2. The Labute approximate surface area is 176 Å². The highest BCUT2D eigenvalue weighted by atomic mass is 35.5. The number of rotatable bonds is 10. The minimum atomic E-state index is -0.108. The van der Waals surface area contributed by atoms with Crippen molar-refractivity contribution in [3.63, 3.8) is 0 Å². The van der Waals surface area contributed by atoms with Gasteiger partial charge in [-0.05, 0) is 66.6 Å². The predicted octanol–water partition coefficient (Wildman–Crippen LogP) is 6.13. The van der Waals surface area contributed by atoms with Crippen LogP contribution in [0.1, 0.15) is 30.7 Å². The van der Waals surface area contributed by atoms with Crippen molar-refractivity contribution in [3.8, 4) is 17.6 Å². The van der Waals surface area contributed by atoms with Gasteiger partial charge >= 0.3 is 0 Å². The lowest BCUT2D eigenvalue weighted by Gasteiger charge is -2.19. The number of unbranched alkanes of at least 4 members (excludes halogenated alkanes) is 1. The summed E-state index contributed by atoms with van der Waals surface area (Å²) in [7, 11) is 3.23. The van der Waals surface area contributed by atoms with E-state index in [2.05, 4.69) is 11.4 Å². The van der Waals surface area contributed by atoms with Crippen LogP contribution in [0, 0.1) is 11.3 Å². The Bertz CT molecular complexity index is 838. The number of methoxy groups -OCH3 is 2. The molecule has 2 aromatic carbocycles. The van der Waals surface area contributed by atoms with Crippen LogP contribution >= 0.6 is 23.8 Å². The molecule has 0 bridgehead atoms. The second-order valence-corrected chi connectivity index (χ2v) is 6.93. The number of halogens is 1. The molecule has 0 aromatic heterocycles. The van der Waals surface area contributed by atoms with Crippen molar-refractivity contribution >= 4 is 34.9 Å². The highest BCUT2D eigenvalue weighted by Gasteiger charge is 2.19. The van der Waals surface area contributed by atoms with E-state index in [-0.39, 0.29) is 5.92 Å². The van der Waals surface area contributed by atoms with Crippen molar-refractivity contribution < 1.29 is 9.47 Å². The van der Waals surface area contributed by atoms with Crippen LogP contribution in [0.2, 0.25) is 5.02 Å². The maximum Gasteiger partial charge on any atom is 0.122 e. The first-order valence-corrected chi connectivity index (χ1v) is 9.75. The van der Waals surface area contributed by atoms with Crippen molar-refractivity contribution in [2.75, 3.05) is 19.5 Å². The van der Waals surface area contributed by atoms with E-state index in [4.69, 9.17) is 33.3 Å². The van der Waals surface area contributed by atoms with E-state index >= 15 is 0 Å². The third-order valence-corrected chi connectivity index (χ3v) is 4.82. The molecule has 28 heavy (non-hydrogen) atoms. The number of nitrogens with zero attached hydrogens (tertiary/aromatic N) is 1. The fourth-order valence-corrected chi connectivity index (χ4v) is 3.15. The zero-order valence-corrected chi connectivity index (χ0v) is 17.5. The third-order valence-electron chi connectivity index (χ3n) is 4.33. The molecule has 0 amide bonds. The molecule has 0 aliphatic rings. The number of nitrogens with one attached hydrogen (secondary N) is 1. The van der Waals surface area contributed by atoms with Gasteiger partial charge in [0.25, 0.3) is 0 Å². The van der Waals surface area contributed by atoms with Gasteiger partial charge in [0, 0.05) is 28.9 Å². The molecule has 0 fully saturated rings. The SMILES string of the molecule is COc1cc(OC)cc(C(CCCC=S)C(C#N)=CNc2ccc(Cl)cc2)c1. The Morgan fingerprint density at radius 2 is 1.82 bits per heavy atom. The molecular formula is C22H23ClN2O2S. The van der Waals surface area contributed by atoms with E-state index in [9.17, 15) is 5.26 Å². The lowest BCUT2D eigenvalue weighted by atomic mass is 9.87. The summed E-state index contributed by atoms with van der Waals surface area (Å²) in [4.78, 5) is 0. The van der Waals surface area contributed by atoms with Crippen molar-refractivity contribution in [3.05, 3.63) is 64.8 Å². The average Bonchev–Trinajstić information content (AvgIpc) is 2.73. The highest BCUT2D eigenvalue weighted by molar-refractivity contribution is 7.78. The lowest BCUT2D eigenvalue weighted by molar-refractivity contribution is 0.393. The Balaban J connectivity index is 2.36. The predicted molar refractivity (Wildman–Crippen MR) is 119 cm³/mol. The van der Waals surface area contributed by atoms with E-state index in [1.54, 1.807) is 37.9 Å².